The monoisotopic (exact) mass is 525 g/mol. The molecule has 7 nitrogen and oxygen atoms in total. The lowest BCUT2D eigenvalue weighted by Gasteiger charge is -2.11. The molecule has 0 aliphatic rings. The molecule has 4 rings (SSSR count). The Hall–Kier alpha value is -4.56. The maximum absolute atomic E-state index is 13.0. The van der Waals surface area contributed by atoms with Gasteiger partial charge in [0.25, 0.3) is 11.8 Å². The molecule has 3 aromatic carbocycles. The molecule has 8 heteroatoms. The van der Waals surface area contributed by atoms with Crippen LogP contribution in [0, 0.1) is 13.8 Å². The fourth-order valence-electron chi connectivity index (χ4n) is 3.50. The molecule has 0 aliphatic heterocycles. The van der Waals surface area contributed by atoms with Crippen LogP contribution >= 0.6 is 11.8 Å². The van der Waals surface area contributed by atoms with Crippen LogP contribution in [0.25, 0.3) is 6.08 Å². The number of hydrogen-bond donors (Lipinski definition) is 3. The van der Waals surface area contributed by atoms with Gasteiger partial charge >= 0.3 is 0 Å². The molecule has 192 valence electrons. The highest BCUT2D eigenvalue weighted by Gasteiger charge is 2.16. The summed E-state index contributed by atoms with van der Waals surface area (Å²) in [6, 6.07) is 25.1. The van der Waals surface area contributed by atoms with Crippen LogP contribution in [-0.4, -0.2) is 23.5 Å². The molecule has 1 heterocycles. The number of aryl methyl sites for hydroxylation is 2. The largest absolute Gasteiger partial charge is 0.465 e. The Morgan fingerprint density at radius 1 is 0.868 bits per heavy atom. The summed E-state index contributed by atoms with van der Waals surface area (Å²) < 4.78 is 5.32. The minimum absolute atomic E-state index is 0.0374. The molecule has 0 saturated carbocycles. The maximum Gasteiger partial charge on any atom is 0.272 e. The van der Waals surface area contributed by atoms with E-state index in [0.717, 1.165) is 21.7 Å². The number of anilines is 2. The maximum atomic E-state index is 13.0. The van der Waals surface area contributed by atoms with Crippen LogP contribution in [0.5, 0.6) is 0 Å². The average molecular weight is 526 g/mol. The van der Waals surface area contributed by atoms with E-state index in [1.807, 2.05) is 50.2 Å². The minimum Gasteiger partial charge on any atom is -0.465 e. The molecule has 38 heavy (non-hydrogen) atoms. The lowest BCUT2D eigenvalue weighted by Crippen LogP contribution is -2.30. The summed E-state index contributed by atoms with van der Waals surface area (Å²) in [5, 5.41) is 8.41. The smallest absolute Gasteiger partial charge is 0.272 e. The number of amides is 3. The molecule has 0 bridgehead atoms. The quantitative estimate of drug-likeness (QED) is 0.183. The molecule has 0 unspecified atom stereocenters. The first-order valence-corrected chi connectivity index (χ1v) is 12.9. The Morgan fingerprint density at radius 2 is 1.63 bits per heavy atom. The highest BCUT2D eigenvalue weighted by molar-refractivity contribution is 8.00. The Morgan fingerprint density at radius 3 is 2.34 bits per heavy atom. The Kier molecular flexibility index (Phi) is 8.79. The molecule has 0 spiro atoms. The standard InChI is InChI=1S/C30H27N3O4S/c1-20-10-11-21(2)26(17-20)32-28(34)19-38-25-14-12-23(13-15-25)31-30(36)27(18-24-9-6-16-37-24)33-29(35)22-7-4-3-5-8-22/h3-18H,19H2,1-2H3,(H,31,36)(H,32,34)(H,33,35)/b27-18-. The number of furan rings is 1. The summed E-state index contributed by atoms with van der Waals surface area (Å²) in [4.78, 5) is 39.0. The summed E-state index contributed by atoms with van der Waals surface area (Å²) in [5.74, 6) is -0.332. The van der Waals surface area contributed by atoms with Crippen molar-refractivity contribution in [2.75, 3.05) is 16.4 Å². The molecular weight excluding hydrogens is 498 g/mol. The minimum atomic E-state index is -0.501. The van der Waals surface area contributed by atoms with Crippen LogP contribution in [0.2, 0.25) is 0 Å². The van der Waals surface area contributed by atoms with Gasteiger partial charge in [-0.3, -0.25) is 14.4 Å². The Labute approximate surface area is 225 Å². The number of thioether (sulfide) groups is 1. The van der Waals surface area contributed by atoms with E-state index in [1.165, 1.54) is 24.1 Å². The van der Waals surface area contributed by atoms with Crippen LogP contribution in [0.4, 0.5) is 11.4 Å². The van der Waals surface area contributed by atoms with E-state index in [9.17, 15) is 14.4 Å². The van der Waals surface area contributed by atoms with Crippen molar-refractivity contribution in [1.82, 2.24) is 5.32 Å². The molecule has 0 fully saturated rings. The van der Waals surface area contributed by atoms with Gasteiger partial charge in [0.15, 0.2) is 0 Å². The first-order valence-electron chi connectivity index (χ1n) is 11.9. The number of rotatable bonds is 9. The molecule has 3 N–H and O–H groups in total. The zero-order chi connectivity index (χ0) is 26.9. The Balaban J connectivity index is 1.37. The molecule has 3 amide bonds. The molecule has 1 aromatic heterocycles. The number of carbonyl (C=O) groups is 3. The number of nitrogens with one attached hydrogen (secondary N) is 3. The van der Waals surface area contributed by atoms with Crippen molar-refractivity contribution in [3.05, 3.63) is 119 Å². The van der Waals surface area contributed by atoms with E-state index < -0.39 is 11.8 Å². The van der Waals surface area contributed by atoms with Crippen molar-refractivity contribution >= 4 is 46.9 Å². The van der Waals surface area contributed by atoms with Crippen LogP contribution in [0.15, 0.2) is 106 Å². The van der Waals surface area contributed by atoms with Crippen molar-refractivity contribution in [3.8, 4) is 0 Å². The van der Waals surface area contributed by atoms with Crippen LogP contribution in [0.3, 0.4) is 0 Å². The fraction of sp³-hybridized carbons (Fsp3) is 0.100. The number of carbonyl (C=O) groups excluding carboxylic acids is 3. The zero-order valence-electron chi connectivity index (χ0n) is 21.0. The van der Waals surface area contributed by atoms with E-state index in [0.29, 0.717) is 17.0 Å². The van der Waals surface area contributed by atoms with Gasteiger partial charge in [-0.05, 0) is 79.6 Å². The van der Waals surface area contributed by atoms with Gasteiger partial charge < -0.3 is 20.4 Å². The second-order valence-electron chi connectivity index (χ2n) is 8.53. The Bertz CT molecular complexity index is 1450. The molecule has 0 aliphatic carbocycles. The lowest BCUT2D eigenvalue weighted by molar-refractivity contribution is -0.114. The molecule has 0 atom stereocenters. The summed E-state index contributed by atoms with van der Waals surface area (Å²) in [5.41, 5.74) is 3.90. The lowest BCUT2D eigenvalue weighted by atomic mass is 10.1. The fourth-order valence-corrected chi connectivity index (χ4v) is 4.20. The summed E-state index contributed by atoms with van der Waals surface area (Å²) in [7, 11) is 0. The van der Waals surface area contributed by atoms with Crippen molar-refractivity contribution in [3.63, 3.8) is 0 Å². The van der Waals surface area contributed by atoms with Crippen molar-refractivity contribution in [2.45, 2.75) is 18.7 Å². The highest BCUT2D eigenvalue weighted by atomic mass is 32.2. The normalized spacial score (nSPS) is 11.1. The van der Waals surface area contributed by atoms with Gasteiger partial charge in [0.05, 0.1) is 12.0 Å². The van der Waals surface area contributed by atoms with Crippen molar-refractivity contribution < 1.29 is 18.8 Å². The summed E-state index contributed by atoms with van der Waals surface area (Å²) in [6.07, 6.45) is 2.95. The second kappa shape index (κ2) is 12.6. The third-order valence-electron chi connectivity index (χ3n) is 5.51. The summed E-state index contributed by atoms with van der Waals surface area (Å²) >= 11 is 1.39. The van der Waals surface area contributed by atoms with Gasteiger partial charge in [-0.15, -0.1) is 11.8 Å². The SMILES string of the molecule is Cc1ccc(C)c(NC(=O)CSc2ccc(NC(=O)/C(=C/c3ccco3)NC(=O)c3ccccc3)cc2)c1. The zero-order valence-corrected chi connectivity index (χ0v) is 21.8. The molecule has 0 radical (unpaired) electrons. The third kappa shape index (κ3) is 7.47. The van der Waals surface area contributed by atoms with E-state index in [-0.39, 0.29) is 17.4 Å². The van der Waals surface area contributed by atoms with Gasteiger partial charge in [0.1, 0.15) is 11.5 Å². The second-order valence-corrected chi connectivity index (χ2v) is 9.58. The predicted octanol–water partition coefficient (Wildman–Crippen LogP) is 6.04. The van der Waals surface area contributed by atoms with Gasteiger partial charge in [0, 0.05) is 27.9 Å². The van der Waals surface area contributed by atoms with E-state index in [2.05, 4.69) is 16.0 Å². The predicted molar refractivity (Wildman–Crippen MR) is 151 cm³/mol. The van der Waals surface area contributed by atoms with Crippen LogP contribution in [0.1, 0.15) is 27.2 Å². The first-order chi connectivity index (χ1) is 18.4. The first kappa shape index (κ1) is 26.5. The average Bonchev–Trinajstić information content (AvgIpc) is 3.43. The van der Waals surface area contributed by atoms with E-state index >= 15 is 0 Å². The topological polar surface area (TPSA) is 100 Å². The molecule has 0 saturated heterocycles. The van der Waals surface area contributed by atoms with Gasteiger partial charge in [-0.2, -0.15) is 0 Å². The van der Waals surface area contributed by atoms with Crippen molar-refractivity contribution in [2.24, 2.45) is 0 Å². The van der Waals surface area contributed by atoms with Crippen LogP contribution < -0.4 is 16.0 Å². The summed E-state index contributed by atoms with van der Waals surface area (Å²) in [6.45, 7) is 3.94. The van der Waals surface area contributed by atoms with E-state index in [1.54, 1.807) is 48.5 Å². The number of benzene rings is 3. The van der Waals surface area contributed by atoms with Gasteiger partial charge in [0.2, 0.25) is 5.91 Å². The highest BCUT2D eigenvalue weighted by Crippen LogP contribution is 2.22. The molecular formula is C30H27N3O4S. The van der Waals surface area contributed by atoms with Crippen molar-refractivity contribution in [1.29, 1.82) is 0 Å². The third-order valence-corrected chi connectivity index (χ3v) is 6.52. The van der Waals surface area contributed by atoms with Gasteiger partial charge in [-0.1, -0.05) is 30.3 Å². The number of hydrogen-bond acceptors (Lipinski definition) is 5. The van der Waals surface area contributed by atoms with E-state index in [4.69, 9.17) is 4.42 Å². The van der Waals surface area contributed by atoms with Gasteiger partial charge in [-0.25, -0.2) is 0 Å². The molecule has 4 aromatic rings. The van der Waals surface area contributed by atoms with Crippen LogP contribution in [-0.2, 0) is 9.59 Å².